The van der Waals surface area contributed by atoms with Gasteiger partial charge in [-0.3, -0.25) is 19.2 Å². The van der Waals surface area contributed by atoms with Gasteiger partial charge < -0.3 is 44.1 Å². The maximum Gasteiger partial charge on any atom is 0.343 e. The second kappa shape index (κ2) is 9.87. The molecule has 2 saturated heterocycles. The Morgan fingerprint density at radius 2 is 1.44 bits per heavy atom. The lowest BCUT2D eigenvalue weighted by molar-refractivity contribution is -0.296. The fourth-order valence-corrected chi connectivity index (χ4v) is 11.9. The fourth-order valence-electron chi connectivity index (χ4n) is 11.9. The summed E-state index contributed by atoms with van der Waals surface area (Å²) >= 11 is 0. The van der Waals surface area contributed by atoms with Crippen molar-refractivity contribution in [3.05, 3.63) is 11.8 Å². The van der Waals surface area contributed by atoms with Crippen molar-refractivity contribution in [1.82, 2.24) is 0 Å². The monoisotopic (exact) mass is 676 g/mol. The molecule has 0 aromatic heterocycles. The first kappa shape index (κ1) is 33.6. The van der Waals surface area contributed by atoms with Crippen LogP contribution < -0.4 is 0 Å². The van der Waals surface area contributed by atoms with Crippen molar-refractivity contribution in [3.63, 3.8) is 0 Å². The molecular formula is C34H44O14. The number of esters is 4. The van der Waals surface area contributed by atoms with Crippen LogP contribution in [0.3, 0.4) is 0 Å². The second-order valence-electron chi connectivity index (χ2n) is 16.0. The van der Waals surface area contributed by atoms with Crippen LogP contribution in [0.1, 0.15) is 61.8 Å². The topological polar surface area (TPSA) is 216 Å². The average molecular weight is 677 g/mol. The highest BCUT2D eigenvalue weighted by atomic mass is 16.6. The van der Waals surface area contributed by atoms with Gasteiger partial charge in [0, 0.05) is 56.3 Å². The van der Waals surface area contributed by atoms with Crippen molar-refractivity contribution in [3.8, 4) is 0 Å². The molecule has 4 saturated carbocycles. The van der Waals surface area contributed by atoms with Crippen molar-refractivity contribution in [2.24, 2.45) is 51.8 Å². The van der Waals surface area contributed by atoms with E-state index in [4.69, 9.17) is 23.7 Å². The number of hydrogen-bond acceptors (Lipinski definition) is 14. The minimum absolute atomic E-state index is 0.172. The van der Waals surface area contributed by atoms with Gasteiger partial charge >= 0.3 is 23.9 Å². The van der Waals surface area contributed by atoms with Gasteiger partial charge in [0.25, 0.3) is 0 Å². The molecule has 2 aliphatic heterocycles. The lowest BCUT2D eigenvalue weighted by Gasteiger charge is -2.67. The van der Waals surface area contributed by atoms with E-state index in [0.29, 0.717) is 0 Å². The fraction of sp³-hybridized carbons (Fsp3) is 0.794. The molecule has 1 unspecified atom stereocenters. The first-order valence-electron chi connectivity index (χ1n) is 16.6. The van der Waals surface area contributed by atoms with Gasteiger partial charge in [-0.2, -0.15) is 0 Å². The molecule has 14 heteroatoms. The van der Waals surface area contributed by atoms with Crippen LogP contribution in [-0.2, 0) is 47.7 Å². The summed E-state index contributed by atoms with van der Waals surface area (Å²) in [5.74, 6) is -9.70. The predicted octanol–water partition coefficient (Wildman–Crippen LogP) is -0.0433. The molecule has 0 spiro atoms. The average Bonchev–Trinajstić information content (AvgIpc) is 3.64. The molecule has 7 rings (SSSR count). The minimum atomic E-state index is -2.35. The van der Waals surface area contributed by atoms with Crippen LogP contribution in [0.15, 0.2) is 11.8 Å². The highest BCUT2D eigenvalue weighted by Gasteiger charge is 2.85. The Morgan fingerprint density at radius 1 is 0.854 bits per heavy atom. The number of rotatable bonds is 3. The molecule has 0 amide bonds. The molecule has 6 fully saturated rings. The molecule has 4 N–H and O–H groups in total. The van der Waals surface area contributed by atoms with Gasteiger partial charge in [-0.25, -0.2) is 4.79 Å². The Morgan fingerprint density at radius 3 is 2.02 bits per heavy atom. The van der Waals surface area contributed by atoms with E-state index in [1.165, 1.54) is 27.7 Å². The summed E-state index contributed by atoms with van der Waals surface area (Å²) in [5.41, 5.74) is -9.11. The van der Waals surface area contributed by atoms with E-state index in [2.05, 4.69) is 0 Å². The first-order valence-corrected chi connectivity index (χ1v) is 16.6. The largest absolute Gasteiger partial charge is 0.459 e. The number of carbonyl (C=O) groups is 5. The molecule has 18 atom stereocenters. The summed E-state index contributed by atoms with van der Waals surface area (Å²) in [7, 11) is 0. The molecule has 264 valence electrons. The summed E-state index contributed by atoms with van der Waals surface area (Å²) in [5, 5.41) is 48.9. The molecule has 0 radical (unpaired) electrons. The van der Waals surface area contributed by atoms with E-state index >= 15 is 0 Å². The quantitative estimate of drug-likeness (QED) is 0.175. The number of epoxide rings is 1. The van der Waals surface area contributed by atoms with Gasteiger partial charge in [-0.15, -0.1) is 0 Å². The van der Waals surface area contributed by atoms with Crippen molar-refractivity contribution < 1.29 is 68.1 Å². The second-order valence-corrected chi connectivity index (χ2v) is 16.0. The highest BCUT2D eigenvalue weighted by molar-refractivity contribution is 5.94. The van der Waals surface area contributed by atoms with Crippen molar-refractivity contribution in [2.75, 3.05) is 0 Å². The smallest absolute Gasteiger partial charge is 0.343 e. The minimum Gasteiger partial charge on any atom is -0.459 e. The van der Waals surface area contributed by atoms with Gasteiger partial charge in [-0.05, 0) is 31.8 Å². The number of hydrogen-bond donors (Lipinski definition) is 4. The third-order valence-electron chi connectivity index (χ3n) is 13.9. The predicted molar refractivity (Wildman–Crippen MR) is 158 cm³/mol. The van der Waals surface area contributed by atoms with Crippen LogP contribution in [0.5, 0.6) is 0 Å². The van der Waals surface area contributed by atoms with Crippen molar-refractivity contribution in [2.45, 2.75) is 116 Å². The number of ether oxygens (including phenoxy) is 5. The maximum atomic E-state index is 14.4. The van der Waals surface area contributed by atoms with Crippen LogP contribution in [0.4, 0.5) is 0 Å². The number of aliphatic hydroxyl groups is 4. The molecule has 5 aliphatic carbocycles. The molecule has 0 bridgehead atoms. The molecule has 14 nitrogen and oxygen atoms in total. The SMILES string of the molecule is CC(=O)O[C@H]1C2[C@H]([C@@H]3[C@@H](O)[C@@H]4[C@H]([C@H](C)C=C5OC(=O)[C@@](C)(O)[C@@]54C)[C@@]3(C)[C@H]1OC(C)=O)[C@@H](O)C(=O)[C@@]1(O)C[C@@H]3O[C@@H]3[C@H](OC(C)=O)[C@]21C. The van der Waals surface area contributed by atoms with Gasteiger partial charge in [0.1, 0.15) is 41.9 Å². The van der Waals surface area contributed by atoms with E-state index in [9.17, 15) is 44.4 Å². The normalized spacial score (nSPS) is 55.8. The Balaban J connectivity index is 1.51. The number of carbonyl (C=O) groups excluding carboxylic acids is 5. The molecular weight excluding hydrogens is 632 g/mol. The number of Topliss-reactive ketones (excluding diaryl/α,β-unsaturated/α-hetero) is 1. The third kappa shape index (κ3) is 3.68. The number of allylic oxidation sites excluding steroid dienone is 1. The zero-order valence-corrected chi connectivity index (χ0v) is 28.2. The number of ketones is 1. The van der Waals surface area contributed by atoms with Crippen molar-refractivity contribution in [1.29, 1.82) is 0 Å². The zero-order chi connectivity index (χ0) is 35.4. The standard InChI is InChI=1S/C34H44O14/c1-11-9-16-31(6,33(8,42)29(41)48-16)21-18(11)30(5)19(23(21)39)17-20(25(44-12(2)35)27(30)45-13(3)36)32(7)28(46-14(4)37)24-15(47-24)10-34(32,43)26(40)22(17)38/h9,11,15,17-25,27-28,38-39,42-43H,10H2,1-8H3/t11-,15+,17+,18+,19-,20?,21+,22-,23-,24+,25+,27+,28+,30-,31+,32+,33-,34+/m1/s1. The van der Waals surface area contributed by atoms with Crippen LogP contribution in [0, 0.1) is 51.8 Å². The lowest BCUT2D eigenvalue weighted by Crippen LogP contribution is -2.80. The van der Waals surface area contributed by atoms with Gasteiger partial charge in [0.15, 0.2) is 11.4 Å². The molecule has 2 heterocycles. The third-order valence-corrected chi connectivity index (χ3v) is 13.9. The number of fused-ring (bicyclic) bond motifs is 10. The van der Waals surface area contributed by atoms with Crippen LogP contribution in [0.2, 0.25) is 0 Å². The first-order chi connectivity index (χ1) is 22.1. The van der Waals surface area contributed by atoms with E-state index in [1.54, 1.807) is 19.9 Å². The van der Waals surface area contributed by atoms with E-state index < -0.39 is 135 Å². The number of aliphatic hydroxyl groups excluding tert-OH is 2. The van der Waals surface area contributed by atoms with Crippen LogP contribution in [0.25, 0.3) is 0 Å². The zero-order valence-electron chi connectivity index (χ0n) is 28.2. The Labute approximate surface area is 277 Å². The molecule has 0 aromatic rings. The lowest BCUT2D eigenvalue weighted by atomic mass is 9.40. The summed E-state index contributed by atoms with van der Waals surface area (Å²) in [6.07, 6.45) is -7.32. The Kier molecular flexibility index (Phi) is 6.90. The van der Waals surface area contributed by atoms with E-state index in [1.807, 2.05) is 6.92 Å². The van der Waals surface area contributed by atoms with Crippen molar-refractivity contribution >= 4 is 29.7 Å². The van der Waals surface area contributed by atoms with Crippen LogP contribution >= 0.6 is 0 Å². The maximum absolute atomic E-state index is 14.4. The summed E-state index contributed by atoms with van der Waals surface area (Å²) in [6.45, 7) is 11.5. The Bertz CT molecular complexity index is 1550. The summed E-state index contributed by atoms with van der Waals surface area (Å²) < 4.78 is 29.4. The molecule has 7 aliphatic rings. The Hall–Kier alpha value is -2.91. The van der Waals surface area contributed by atoms with E-state index in [-0.39, 0.29) is 12.2 Å². The van der Waals surface area contributed by atoms with Gasteiger partial charge in [0.05, 0.1) is 23.0 Å². The van der Waals surface area contributed by atoms with Gasteiger partial charge in [0.2, 0.25) is 0 Å². The summed E-state index contributed by atoms with van der Waals surface area (Å²) in [4.78, 5) is 66.0. The van der Waals surface area contributed by atoms with Gasteiger partial charge in [-0.1, -0.05) is 20.8 Å². The summed E-state index contributed by atoms with van der Waals surface area (Å²) in [6, 6.07) is 0. The van der Waals surface area contributed by atoms with Crippen LogP contribution in [-0.4, -0.2) is 104 Å². The molecule has 0 aromatic carbocycles. The highest BCUT2D eigenvalue weighted by Crippen LogP contribution is 2.75. The molecule has 48 heavy (non-hydrogen) atoms. The van der Waals surface area contributed by atoms with E-state index in [0.717, 1.165) is 6.92 Å².